The molecule has 2 saturated carbocycles. The van der Waals surface area contributed by atoms with Gasteiger partial charge < -0.3 is 5.11 Å². The highest BCUT2D eigenvalue weighted by atomic mass is 32.1. The summed E-state index contributed by atoms with van der Waals surface area (Å²) >= 11 is 4.47. The summed E-state index contributed by atoms with van der Waals surface area (Å²) in [5, 5.41) is 8.92. The van der Waals surface area contributed by atoms with E-state index < -0.39 is 0 Å². The largest absolute Gasteiger partial charge is 0.396 e. The molecular weight excluding hydrogens is 206 g/mol. The van der Waals surface area contributed by atoms with Gasteiger partial charge >= 0.3 is 0 Å². The summed E-state index contributed by atoms with van der Waals surface area (Å²) in [5.74, 6) is 1.04. The highest BCUT2D eigenvalue weighted by Crippen LogP contribution is 2.48. The van der Waals surface area contributed by atoms with Gasteiger partial charge in [-0.15, -0.1) is 0 Å². The van der Waals surface area contributed by atoms with E-state index in [1.807, 2.05) is 0 Å². The van der Waals surface area contributed by atoms with E-state index in [2.05, 4.69) is 17.5 Å². The lowest BCUT2D eigenvalue weighted by Crippen LogP contribution is -2.44. The molecule has 0 saturated heterocycles. The zero-order valence-corrected chi connectivity index (χ0v) is 10.4. The smallest absolute Gasteiger partial charge is 0.0443 e. The summed E-state index contributed by atoms with van der Waals surface area (Å²) in [6.45, 7) is 2.63. The number of aliphatic hydroxyl groups excluding tert-OH is 1. The van der Waals surface area contributed by atoms with Gasteiger partial charge in [0.1, 0.15) is 0 Å². The topological polar surface area (TPSA) is 23.5 Å². The Morgan fingerprint density at radius 3 is 2.47 bits per heavy atom. The first-order valence-corrected chi connectivity index (χ1v) is 6.89. The third kappa shape index (κ3) is 2.89. The number of thiol groups is 1. The molecule has 0 radical (unpaired) electrons. The van der Waals surface area contributed by atoms with Crippen LogP contribution in [-0.4, -0.2) is 41.5 Å². The second-order valence-electron chi connectivity index (χ2n) is 5.29. The summed E-state index contributed by atoms with van der Waals surface area (Å²) in [6, 6.07) is 0.814. The molecule has 0 aromatic carbocycles. The van der Waals surface area contributed by atoms with Gasteiger partial charge in [0.2, 0.25) is 0 Å². The van der Waals surface area contributed by atoms with Gasteiger partial charge in [-0.3, -0.25) is 4.90 Å². The zero-order chi connectivity index (χ0) is 10.7. The van der Waals surface area contributed by atoms with Crippen LogP contribution in [0.25, 0.3) is 0 Å². The van der Waals surface area contributed by atoms with E-state index >= 15 is 0 Å². The molecule has 3 heteroatoms. The Kier molecular flexibility index (Phi) is 3.97. The van der Waals surface area contributed by atoms with Gasteiger partial charge in [-0.2, -0.15) is 12.6 Å². The van der Waals surface area contributed by atoms with Gasteiger partial charge in [-0.25, -0.2) is 0 Å². The molecule has 0 amide bonds. The normalized spacial score (nSPS) is 24.2. The van der Waals surface area contributed by atoms with Crippen molar-refractivity contribution < 1.29 is 5.11 Å². The predicted octanol–water partition coefficient (Wildman–Crippen LogP) is 1.93. The highest BCUT2D eigenvalue weighted by Gasteiger charge is 2.43. The van der Waals surface area contributed by atoms with Crippen LogP contribution in [0.4, 0.5) is 0 Å². The lowest BCUT2D eigenvalue weighted by Gasteiger charge is -2.39. The molecule has 0 atom stereocenters. The number of hydrogen-bond acceptors (Lipinski definition) is 3. The third-order valence-corrected chi connectivity index (χ3v) is 4.70. The summed E-state index contributed by atoms with van der Waals surface area (Å²) in [4.78, 5) is 2.61. The summed E-state index contributed by atoms with van der Waals surface area (Å²) in [5.41, 5.74) is 0.536. The molecule has 0 heterocycles. The van der Waals surface area contributed by atoms with Gasteiger partial charge in [0.25, 0.3) is 0 Å². The fraction of sp³-hybridized carbons (Fsp3) is 1.00. The van der Waals surface area contributed by atoms with Gasteiger partial charge in [0.05, 0.1) is 0 Å². The molecule has 0 aromatic heterocycles. The Bertz CT molecular complexity index is 202. The summed E-state index contributed by atoms with van der Waals surface area (Å²) < 4.78 is 0. The van der Waals surface area contributed by atoms with Crippen LogP contribution in [0.1, 0.15) is 38.5 Å². The summed E-state index contributed by atoms with van der Waals surface area (Å²) in [6.07, 6.45) is 7.78. The molecule has 0 spiro atoms. The second-order valence-corrected chi connectivity index (χ2v) is 5.61. The minimum absolute atomic E-state index is 0.330. The number of rotatable bonds is 7. The molecule has 2 nitrogen and oxygen atoms in total. The minimum Gasteiger partial charge on any atom is -0.396 e. The van der Waals surface area contributed by atoms with Crippen LogP contribution < -0.4 is 0 Å². The maximum Gasteiger partial charge on any atom is 0.0443 e. The van der Waals surface area contributed by atoms with E-state index in [1.54, 1.807) is 0 Å². The van der Waals surface area contributed by atoms with Crippen molar-refractivity contribution in [2.45, 2.75) is 44.6 Å². The first-order valence-electron chi connectivity index (χ1n) is 6.25. The molecule has 0 aromatic rings. The third-order valence-electron chi connectivity index (χ3n) is 4.03. The van der Waals surface area contributed by atoms with Crippen LogP contribution in [0, 0.1) is 5.41 Å². The molecule has 2 rings (SSSR count). The summed E-state index contributed by atoms with van der Waals surface area (Å²) in [7, 11) is 0. The van der Waals surface area contributed by atoms with Crippen LogP contribution in [0.15, 0.2) is 0 Å². The first kappa shape index (κ1) is 11.7. The van der Waals surface area contributed by atoms with Crippen molar-refractivity contribution in [3.8, 4) is 0 Å². The molecule has 0 aliphatic heterocycles. The predicted molar refractivity (Wildman–Crippen MR) is 66.4 cm³/mol. The lowest BCUT2D eigenvalue weighted by molar-refractivity contribution is 0.0973. The van der Waals surface area contributed by atoms with Crippen molar-refractivity contribution in [2.75, 3.05) is 25.4 Å². The quantitative estimate of drug-likeness (QED) is 0.652. The average Bonchev–Trinajstić information content (AvgIpc) is 2.92. The van der Waals surface area contributed by atoms with Crippen molar-refractivity contribution in [3.63, 3.8) is 0 Å². The zero-order valence-electron chi connectivity index (χ0n) is 9.49. The molecule has 2 aliphatic carbocycles. The van der Waals surface area contributed by atoms with E-state index in [4.69, 9.17) is 5.11 Å². The lowest BCUT2D eigenvalue weighted by atomic mass is 9.90. The Morgan fingerprint density at radius 2 is 2.07 bits per heavy atom. The van der Waals surface area contributed by atoms with Crippen molar-refractivity contribution >= 4 is 12.6 Å². The Morgan fingerprint density at radius 1 is 1.33 bits per heavy atom. The van der Waals surface area contributed by atoms with Crippen LogP contribution in [0.5, 0.6) is 0 Å². The van der Waals surface area contributed by atoms with Crippen LogP contribution >= 0.6 is 12.6 Å². The number of hydrogen-bond donors (Lipinski definition) is 2. The minimum atomic E-state index is 0.330. The fourth-order valence-electron chi connectivity index (χ4n) is 2.39. The number of aliphatic hydroxyl groups is 1. The van der Waals surface area contributed by atoms with E-state index in [9.17, 15) is 0 Å². The van der Waals surface area contributed by atoms with Crippen molar-refractivity contribution in [1.29, 1.82) is 0 Å². The molecule has 1 N–H and O–H groups in total. The van der Waals surface area contributed by atoms with Crippen molar-refractivity contribution in [1.82, 2.24) is 4.90 Å². The van der Waals surface area contributed by atoms with Gasteiger partial charge in [-0.1, -0.05) is 6.42 Å². The van der Waals surface area contributed by atoms with E-state index in [1.165, 1.54) is 38.6 Å². The second kappa shape index (κ2) is 5.07. The maximum absolute atomic E-state index is 8.92. The van der Waals surface area contributed by atoms with Crippen LogP contribution in [0.2, 0.25) is 0 Å². The molecule has 2 aliphatic rings. The molecule has 88 valence electrons. The standard InChI is InChI=1S/C12H23NOS/c14-8-2-7-13(11-3-1-4-11)9-12(10-15)5-6-12/h11,14-15H,1-10H2. The van der Waals surface area contributed by atoms with E-state index in [0.717, 1.165) is 24.8 Å². The van der Waals surface area contributed by atoms with Gasteiger partial charge in [0.15, 0.2) is 0 Å². The maximum atomic E-state index is 8.92. The monoisotopic (exact) mass is 229 g/mol. The first-order chi connectivity index (χ1) is 7.29. The average molecular weight is 229 g/mol. The van der Waals surface area contributed by atoms with E-state index in [-0.39, 0.29) is 0 Å². The van der Waals surface area contributed by atoms with Gasteiger partial charge in [0, 0.05) is 25.7 Å². The molecule has 2 fully saturated rings. The Balaban J connectivity index is 1.81. The van der Waals surface area contributed by atoms with Gasteiger partial charge in [-0.05, 0) is 43.3 Å². The van der Waals surface area contributed by atoms with E-state index in [0.29, 0.717) is 12.0 Å². The molecule has 0 unspecified atom stereocenters. The van der Waals surface area contributed by atoms with Crippen LogP contribution in [0.3, 0.4) is 0 Å². The van der Waals surface area contributed by atoms with Crippen LogP contribution in [-0.2, 0) is 0 Å². The van der Waals surface area contributed by atoms with Crippen molar-refractivity contribution in [2.24, 2.45) is 5.41 Å². The SMILES string of the molecule is OCCCN(CC1(CS)CC1)C1CCC1. The Labute approximate surface area is 98.5 Å². The molecule has 0 bridgehead atoms. The Hall–Kier alpha value is 0.270. The molecular formula is C12H23NOS. The highest BCUT2D eigenvalue weighted by molar-refractivity contribution is 7.80. The fourth-order valence-corrected chi connectivity index (χ4v) is 2.81. The van der Waals surface area contributed by atoms with Crippen molar-refractivity contribution in [3.05, 3.63) is 0 Å². The molecule has 15 heavy (non-hydrogen) atoms. The number of nitrogens with zero attached hydrogens (tertiary/aromatic N) is 1.